The molecule has 0 bridgehead atoms. The number of likely N-dealkylation sites (tertiary alicyclic amines) is 1. The summed E-state index contributed by atoms with van der Waals surface area (Å²) in [7, 11) is 6.96. The van der Waals surface area contributed by atoms with Gasteiger partial charge in [-0.1, -0.05) is 0 Å². The summed E-state index contributed by atoms with van der Waals surface area (Å²) in [5, 5.41) is 11.3. The van der Waals surface area contributed by atoms with Crippen LogP contribution in [0.5, 0.6) is 17.2 Å². The van der Waals surface area contributed by atoms with Crippen molar-refractivity contribution in [2.45, 2.75) is 32.4 Å². The maximum atomic E-state index is 13.3. The number of rotatable bonds is 10. The number of hydrogen-bond acceptors (Lipinski definition) is 7. The second-order valence-electron chi connectivity index (χ2n) is 8.95. The molecule has 1 heterocycles. The van der Waals surface area contributed by atoms with Crippen molar-refractivity contribution in [1.82, 2.24) is 9.80 Å². The first-order valence-electron chi connectivity index (χ1n) is 11.6. The van der Waals surface area contributed by atoms with Gasteiger partial charge in [0, 0.05) is 17.7 Å². The molecule has 0 unspecified atom stereocenters. The first kappa shape index (κ1) is 26.1. The summed E-state index contributed by atoms with van der Waals surface area (Å²) in [6, 6.07) is 11.2. The van der Waals surface area contributed by atoms with Gasteiger partial charge in [-0.15, -0.1) is 0 Å². The Balaban J connectivity index is 2.14. The SMILES string of the molecule is COc1ccc(OC)c([C@H]2C(=C(O)c3ccc(OC(C)C)cc3)C(=O)C(=O)N2CCCN(C)C)c1. The average molecular weight is 483 g/mol. The van der Waals surface area contributed by atoms with Crippen molar-refractivity contribution in [2.24, 2.45) is 0 Å². The van der Waals surface area contributed by atoms with Crippen molar-refractivity contribution in [2.75, 3.05) is 41.4 Å². The molecule has 2 aromatic rings. The fourth-order valence-corrected chi connectivity index (χ4v) is 4.16. The number of aliphatic hydroxyl groups is 1. The van der Waals surface area contributed by atoms with E-state index in [9.17, 15) is 14.7 Å². The molecule has 1 aliphatic heterocycles. The number of carbonyl (C=O) groups excluding carboxylic acids is 2. The van der Waals surface area contributed by atoms with Crippen molar-refractivity contribution >= 4 is 17.4 Å². The topological polar surface area (TPSA) is 88.5 Å². The lowest BCUT2D eigenvalue weighted by Gasteiger charge is -2.27. The van der Waals surface area contributed by atoms with E-state index in [0.717, 1.165) is 6.54 Å². The number of ketones is 1. The van der Waals surface area contributed by atoms with Gasteiger partial charge in [-0.2, -0.15) is 0 Å². The Bertz CT molecular complexity index is 1090. The monoisotopic (exact) mass is 482 g/mol. The molecule has 1 N–H and O–H groups in total. The van der Waals surface area contributed by atoms with Crippen LogP contribution in [0.15, 0.2) is 48.0 Å². The number of methoxy groups -OCH3 is 2. The van der Waals surface area contributed by atoms with Crippen LogP contribution in [0, 0.1) is 0 Å². The van der Waals surface area contributed by atoms with Gasteiger partial charge in [-0.25, -0.2) is 0 Å². The van der Waals surface area contributed by atoms with Gasteiger partial charge in [0.15, 0.2) is 0 Å². The Hall–Kier alpha value is -3.52. The number of benzene rings is 2. The van der Waals surface area contributed by atoms with Crippen LogP contribution in [-0.2, 0) is 9.59 Å². The van der Waals surface area contributed by atoms with Gasteiger partial charge < -0.3 is 29.1 Å². The van der Waals surface area contributed by atoms with Crippen LogP contribution in [0.3, 0.4) is 0 Å². The number of nitrogens with zero attached hydrogens (tertiary/aromatic N) is 2. The first-order chi connectivity index (χ1) is 16.7. The molecule has 1 amide bonds. The van der Waals surface area contributed by atoms with Crippen LogP contribution in [-0.4, -0.2) is 74.1 Å². The molecule has 2 aromatic carbocycles. The lowest BCUT2D eigenvalue weighted by atomic mass is 9.94. The van der Waals surface area contributed by atoms with E-state index in [0.29, 0.717) is 41.3 Å². The molecule has 1 aliphatic rings. The summed E-state index contributed by atoms with van der Waals surface area (Å²) < 4.78 is 16.6. The summed E-state index contributed by atoms with van der Waals surface area (Å²) in [5.41, 5.74) is 1.00. The van der Waals surface area contributed by atoms with E-state index in [-0.39, 0.29) is 17.4 Å². The van der Waals surface area contributed by atoms with Gasteiger partial charge in [0.2, 0.25) is 0 Å². The molecule has 0 saturated carbocycles. The Morgan fingerprint density at radius 2 is 1.69 bits per heavy atom. The minimum Gasteiger partial charge on any atom is -0.507 e. The van der Waals surface area contributed by atoms with E-state index in [2.05, 4.69) is 0 Å². The molecule has 0 aliphatic carbocycles. The summed E-state index contributed by atoms with van der Waals surface area (Å²) >= 11 is 0. The lowest BCUT2D eigenvalue weighted by Crippen LogP contribution is -2.32. The number of amides is 1. The van der Waals surface area contributed by atoms with Crippen LogP contribution in [0.1, 0.15) is 37.4 Å². The number of Topliss-reactive ketones (excluding diaryl/α,β-unsaturated/α-hetero) is 1. The zero-order chi connectivity index (χ0) is 25.7. The van der Waals surface area contributed by atoms with Crippen molar-refractivity contribution in [3.8, 4) is 17.2 Å². The summed E-state index contributed by atoms with van der Waals surface area (Å²) in [6.45, 7) is 4.92. The van der Waals surface area contributed by atoms with Gasteiger partial charge in [0.1, 0.15) is 23.0 Å². The largest absolute Gasteiger partial charge is 0.507 e. The predicted molar refractivity (Wildman–Crippen MR) is 134 cm³/mol. The fourth-order valence-electron chi connectivity index (χ4n) is 4.16. The molecule has 188 valence electrons. The predicted octanol–water partition coefficient (Wildman–Crippen LogP) is 3.86. The van der Waals surface area contributed by atoms with Gasteiger partial charge in [0.25, 0.3) is 11.7 Å². The van der Waals surface area contributed by atoms with E-state index in [4.69, 9.17) is 14.2 Å². The standard InChI is InChI=1S/C27H34N2O6/c1-17(2)35-19-10-8-18(9-11-19)25(30)23-24(21-16-20(33-5)12-13-22(21)34-6)29(27(32)26(23)31)15-7-14-28(3)4/h8-13,16-17,24,30H,7,14-15H2,1-6H3/t24-/m0/s1. The van der Waals surface area contributed by atoms with Crippen LogP contribution in [0.2, 0.25) is 0 Å². The Morgan fingerprint density at radius 3 is 2.26 bits per heavy atom. The van der Waals surface area contributed by atoms with Crippen molar-refractivity contribution < 1.29 is 28.9 Å². The zero-order valence-corrected chi connectivity index (χ0v) is 21.2. The number of ether oxygens (including phenoxy) is 3. The normalized spacial score (nSPS) is 17.4. The third-order valence-corrected chi connectivity index (χ3v) is 5.78. The molecule has 8 heteroatoms. The van der Waals surface area contributed by atoms with Crippen molar-refractivity contribution in [3.05, 3.63) is 59.2 Å². The highest BCUT2D eigenvalue weighted by Gasteiger charge is 2.47. The molecular weight excluding hydrogens is 448 g/mol. The second-order valence-corrected chi connectivity index (χ2v) is 8.95. The van der Waals surface area contributed by atoms with Crippen molar-refractivity contribution in [3.63, 3.8) is 0 Å². The zero-order valence-electron chi connectivity index (χ0n) is 21.2. The fraction of sp³-hybridized carbons (Fsp3) is 0.407. The summed E-state index contributed by atoms with van der Waals surface area (Å²) in [5.74, 6) is 0.0533. The van der Waals surface area contributed by atoms with Gasteiger partial charge in [-0.3, -0.25) is 9.59 Å². The molecule has 0 radical (unpaired) electrons. The number of hydrogen-bond donors (Lipinski definition) is 1. The molecule has 1 fully saturated rings. The maximum absolute atomic E-state index is 13.3. The highest BCUT2D eigenvalue weighted by Crippen LogP contribution is 2.44. The van der Waals surface area contributed by atoms with Crippen molar-refractivity contribution in [1.29, 1.82) is 0 Å². The third-order valence-electron chi connectivity index (χ3n) is 5.78. The quantitative estimate of drug-likeness (QED) is 0.312. The number of carbonyl (C=O) groups is 2. The highest BCUT2D eigenvalue weighted by molar-refractivity contribution is 6.46. The molecular formula is C27H34N2O6. The van der Waals surface area contributed by atoms with Gasteiger partial charge >= 0.3 is 0 Å². The molecule has 1 saturated heterocycles. The lowest BCUT2D eigenvalue weighted by molar-refractivity contribution is -0.140. The van der Waals surface area contributed by atoms with E-state index in [1.165, 1.54) is 12.0 Å². The smallest absolute Gasteiger partial charge is 0.295 e. The Morgan fingerprint density at radius 1 is 1.03 bits per heavy atom. The van der Waals surface area contributed by atoms with E-state index >= 15 is 0 Å². The van der Waals surface area contributed by atoms with Gasteiger partial charge in [-0.05, 0) is 83.4 Å². The Labute approximate surface area is 206 Å². The molecule has 8 nitrogen and oxygen atoms in total. The average Bonchev–Trinajstić information content (AvgIpc) is 3.08. The molecule has 35 heavy (non-hydrogen) atoms. The van der Waals surface area contributed by atoms with Crippen LogP contribution in [0.4, 0.5) is 0 Å². The Kier molecular flexibility index (Phi) is 8.40. The summed E-state index contributed by atoms with van der Waals surface area (Å²) in [6.07, 6.45) is 0.659. The van der Waals surface area contributed by atoms with Crippen LogP contribution < -0.4 is 14.2 Å². The number of aliphatic hydroxyl groups excluding tert-OH is 1. The molecule has 0 spiro atoms. The minimum absolute atomic E-state index is 0.00228. The van der Waals surface area contributed by atoms with E-state index < -0.39 is 17.7 Å². The van der Waals surface area contributed by atoms with Gasteiger partial charge in [0.05, 0.1) is 31.9 Å². The van der Waals surface area contributed by atoms with Crippen LogP contribution >= 0.6 is 0 Å². The maximum Gasteiger partial charge on any atom is 0.295 e. The molecule has 3 rings (SSSR count). The minimum atomic E-state index is -0.825. The highest BCUT2D eigenvalue weighted by atomic mass is 16.5. The molecule has 1 atom stereocenters. The molecule has 0 aromatic heterocycles. The van der Waals surface area contributed by atoms with E-state index in [1.807, 2.05) is 32.8 Å². The van der Waals surface area contributed by atoms with E-state index in [1.54, 1.807) is 49.6 Å². The van der Waals surface area contributed by atoms with Crippen LogP contribution in [0.25, 0.3) is 5.76 Å². The second kappa shape index (κ2) is 11.3. The summed E-state index contributed by atoms with van der Waals surface area (Å²) in [4.78, 5) is 29.9. The third kappa shape index (κ3) is 5.77. The first-order valence-corrected chi connectivity index (χ1v) is 11.6.